The van der Waals surface area contributed by atoms with Gasteiger partial charge in [-0.3, -0.25) is 13.9 Å². The monoisotopic (exact) mass is 611 g/mol. The number of anilines is 1. The Bertz CT molecular complexity index is 1490. The number of sulfonamides is 1. The second kappa shape index (κ2) is 14.2. The molecule has 1 N–H and O–H groups in total. The Morgan fingerprint density at radius 1 is 0.929 bits per heavy atom. The number of rotatable bonds is 12. The molecule has 0 fully saturated rings. The van der Waals surface area contributed by atoms with E-state index in [1.165, 1.54) is 4.31 Å². The Labute approximate surface area is 255 Å². The molecule has 0 aromatic heterocycles. The predicted octanol–water partition coefficient (Wildman–Crippen LogP) is 6.06. The van der Waals surface area contributed by atoms with Crippen LogP contribution in [0.1, 0.15) is 55.9 Å². The van der Waals surface area contributed by atoms with Gasteiger partial charge >= 0.3 is 0 Å². The summed E-state index contributed by atoms with van der Waals surface area (Å²) in [7, 11) is -3.63. The van der Waals surface area contributed by atoms with E-state index in [-0.39, 0.29) is 37.7 Å². The summed E-state index contributed by atoms with van der Waals surface area (Å²) >= 11 is 6.18. The van der Waals surface area contributed by atoms with Gasteiger partial charge in [0.25, 0.3) is 0 Å². The van der Waals surface area contributed by atoms with Crippen molar-refractivity contribution in [3.63, 3.8) is 0 Å². The quantitative estimate of drug-likeness (QED) is 0.270. The molecule has 42 heavy (non-hydrogen) atoms. The lowest BCUT2D eigenvalue weighted by atomic mass is 9.99. The Hall–Kier alpha value is -3.36. The lowest BCUT2D eigenvalue weighted by Crippen LogP contribution is -2.54. The third-order valence-electron chi connectivity index (χ3n) is 6.96. The van der Waals surface area contributed by atoms with Gasteiger partial charge in [0.05, 0.1) is 11.9 Å². The van der Waals surface area contributed by atoms with Crippen LogP contribution in [0.2, 0.25) is 5.02 Å². The molecule has 0 aliphatic carbocycles. The van der Waals surface area contributed by atoms with Crippen LogP contribution in [0.25, 0.3) is 0 Å². The Morgan fingerprint density at radius 2 is 1.57 bits per heavy atom. The molecular formula is C33H42ClN3O4S. The number of hydrogen-bond acceptors (Lipinski definition) is 4. The number of aryl methyl sites for hydroxylation is 2. The lowest BCUT2D eigenvalue weighted by molar-refractivity contribution is -0.142. The van der Waals surface area contributed by atoms with Crippen molar-refractivity contribution in [3.05, 3.63) is 100 Å². The van der Waals surface area contributed by atoms with Crippen molar-refractivity contribution < 1.29 is 18.0 Å². The zero-order valence-corrected chi connectivity index (χ0v) is 26.9. The summed E-state index contributed by atoms with van der Waals surface area (Å²) in [6.07, 6.45) is 1.82. The normalized spacial score (nSPS) is 12.5. The summed E-state index contributed by atoms with van der Waals surface area (Å²) < 4.78 is 26.8. The summed E-state index contributed by atoms with van der Waals surface area (Å²) in [5, 5.41) is 3.50. The first-order chi connectivity index (χ1) is 19.7. The van der Waals surface area contributed by atoms with Gasteiger partial charge in [-0.05, 0) is 75.4 Å². The van der Waals surface area contributed by atoms with Crippen LogP contribution in [0.5, 0.6) is 0 Å². The van der Waals surface area contributed by atoms with Gasteiger partial charge in [0.2, 0.25) is 21.8 Å². The zero-order valence-electron chi connectivity index (χ0n) is 25.4. The number of halogens is 1. The highest BCUT2D eigenvalue weighted by Crippen LogP contribution is 2.27. The third kappa shape index (κ3) is 9.60. The van der Waals surface area contributed by atoms with Crippen molar-refractivity contribution in [3.8, 4) is 0 Å². The van der Waals surface area contributed by atoms with E-state index in [0.717, 1.165) is 28.5 Å². The van der Waals surface area contributed by atoms with Crippen molar-refractivity contribution in [2.45, 2.75) is 72.0 Å². The number of nitrogens with zero attached hydrogens (tertiary/aromatic N) is 2. The molecule has 3 aromatic carbocycles. The van der Waals surface area contributed by atoms with Crippen LogP contribution in [0.15, 0.2) is 72.8 Å². The summed E-state index contributed by atoms with van der Waals surface area (Å²) in [5.41, 5.74) is 3.66. The number of carbonyl (C=O) groups excluding carboxylic acids is 2. The molecule has 7 nitrogen and oxygen atoms in total. The molecule has 0 spiro atoms. The standard InChI is InChI=1S/C33H42ClN3O4S/c1-24-13-10-11-16-27(24)23-36(30(32(39)35-33(3,4)5)21-26-14-8-7-9-15-26)31(38)17-12-20-37(42(6,40)41)29-22-28(34)19-18-25(29)2/h7-11,13-16,18-19,22,30H,12,17,20-21,23H2,1-6H3,(H,35,39). The van der Waals surface area contributed by atoms with Crippen molar-refractivity contribution >= 4 is 39.1 Å². The van der Waals surface area contributed by atoms with Crippen molar-refractivity contribution in [1.82, 2.24) is 10.2 Å². The Kier molecular flexibility index (Phi) is 11.2. The molecule has 0 aliphatic rings. The fourth-order valence-electron chi connectivity index (χ4n) is 4.81. The molecular weight excluding hydrogens is 570 g/mol. The highest BCUT2D eigenvalue weighted by Gasteiger charge is 2.32. The fourth-order valence-corrected chi connectivity index (χ4v) is 5.99. The van der Waals surface area contributed by atoms with Gasteiger partial charge in [-0.1, -0.05) is 72.3 Å². The van der Waals surface area contributed by atoms with Crippen LogP contribution in [0, 0.1) is 13.8 Å². The van der Waals surface area contributed by atoms with E-state index in [1.54, 1.807) is 23.1 Å². The van der Waals surface area contributed by atoms with Crippen LogP contribution in [0.3, 0.4) is 0 Å². The second-order valence-corrected chi connectivity index (χ2v) is 14.1. The molecule has 1 unspecified atom stereocenters. The molecule has 0 bridgehead atoms. The molecule has 0 radical (unpaired) electrons. The van der Waals surface area contributed by atoms with Crippen LogP contribution < -0.4 is 9.62 Å². The summed E-state index contributed by atoms with van der Waals surface area (Å²) in [6.45, 7) is 9.89. The third-order valence-corrected chi connectivity index (χ3v) is 8.38. The van der Waals surface area contributed by atoms with Gasteiger partial charge in [0.1, 0.15) is 6.04 Å². The van der Waals surface area contributed by atoms with Gasteiger partial charge in [-0.15, -0.1) is 0 Å². The van der Waals surface area contributed by atoms with Gasteiger partial charge in [-0.2, -0.15) is 0 Å². The second-order valence-electron chi connectivity index (χ2n) is 11.8. The Balaban J connectivity index is 1.93. The molecule has 0 heterocycles. The van der Waals surface area contributed by atoms with E-state index >= 15 is 0 Å². The van der Waals surface area contributed by atoms with Crippen LogP contribution in [0.4, 0.5) is 5.69 Å². The summed E-state index contributed by atoms with van der Waals surface area (Å²) in [4.78, 5) is 29.4. The Morgan fingerprint density at radius 3 is 2.19 bits per heavy atom. The maximum absolute atomic E-state index is 14.0. The minimum atomic E-state index is -3.63. The maximum Gasteiger partial charge on any atom is 0.243 e. The molecule has 1 atom stereocenters. The smallest absolute Gasteiger partial charge is 0.243 e. The molecule has 226 valence electrons. The van der Waals surface area contributed by atoms with E-state index in [9.17, 15) is 18.0 Å². The topological polar surface area (TPSA) is 86.8 Å². The molecule has 3 aromatic rings. The average Bonchev–Trinajstić information content (AvgIpc) is 2.90. The fraction of sp³-hybridized carbons (Fsp3) is 0.394. The van der Waals surface area contributed by atoms with Crippen molar-refractivity contribution in [2.75, 3.05) is 17.1 Å². The van der Waals surface area contributed by atoms with Crippen LogP contribution in [-0.2, 0) is 32.6 Å². The first-order valence-electron chi connectivity index (χ1n) is 14.1. The average molecular weight is 612 g/mol. The number of hydrogen-bond donors (Lipinski definition) is 1. The van der Waals surface area contributed by atoms with Crippen molar-refractivity contribution in [2.24, 2.45) is 0 Å². The van der Waals surface area contributed by atoms with E-state index in [4.69, 9.17) is 11.6 Å². The SMILES string of the molecule is Cc1ccccc1CN(C(=O)CCCN(c1cc(Cl)ccc1C)S(C)(=O)=O)C(Cc1ccccc1)C(=O)NC(C)(C)C. The maximum atomic E-state index is 14.0. The van der Waals surface area contributed by atoms with Crippen molar-refractivity contribution in [1.29, 1.82) is 0 Å². The minimum absolute atomic E-state index is 0.0611. The molecule has 0 saturated carbocycles. The predicted molar refractivity (Wildman–Crippen MR) is 171 cm³/mol. The number of benzene rings is 3. The van der Waals surface area contributed by atoms with E-state index in [1.807, 2.05) is 89.2 Å². The van der Waals surface area contributed by atoms with E-state index < -0.39 is 21.6 Å². The molecule has 2 amide bonds. The molecule has 3 rings (SSSR count). The van der Waals surface area contributed by atoms with Gasteiger partial charge in [-0.25, -0.2) is 8.42 Å². The highest BCUT2D eigenvalue weighted by molar-refractivity contribution is 7.92. The first kappa shape index (κ1) is 33.1. The summed E-state index contributed by atoms with van der Waals surface area (Å²) in [6, 6.07) is 21.8. The van der Waals surface area contributed by atoms with E-state index in [0.29, 0.717) is 17.1 Å². The molecule has 0 saturated heterocycles. The largest absolute Gasteiger partial charge is 0.350 e. The highest BCUT2D eigenvalue weighted by atomic mass is 35.5. The van der Waals surface area contributed by atoms with Crippen LogP contribution in [-0.4, -0.2) is 49.5 Å². The number of nitrogens with one attached hydrogen (secondary N) is 1. The lowest BCUT2D eigenvalue weighted by Gasteiger charge is -2.34. The number of carbonyl (C=O) groups is 2. The molecule has 9 heteroatoms. The number of amides is 2. The summed E-state index contributed by atoms with van der Waals surface area (Å²) in [5.74, 6) is -0.458. The van der Waals surface area contributed by atoms with Gasteiger partial charge < -0.3 is 10.2 Å². The zero-order chi connectivity index (χ0) is 31.1. The molecule has 0 aliphatic heterocycles. The van der Waals surface area contributed by atoms with Gasteiger partial charge in [0, 0.05) is 36.5 Å². The van der Waals surface area contributed by atoms with Crippen LogP contribution >= 0.6 is 11.6 Å². The van der Waals surface area contributed by atoms with E-state index in [2.05, 4.69) is 5.32 Å². The minimum Gasteiger partial charge on any atom is -0.350 e. The van der Waals surface area contributed by atoms with Gasteiger partial charge in [0.15, 0.2) is 0 Å². The first-order valence-corrected chi connectivity index (χ1v) is 16.3.